The minimum Gasteiger partial charge on any atom is -0.345 e. The average Bonchev–Trinajstić information content (AvgIpc) is 3.18. The SMILES string of the molecule is O=C(NNC(=O)c1cc(Cl)cc(Cl)c1)C(=O)NC1CC1. The summed E-state index contributed by atoms with van der Waals surface area (Å²) in [5, 5.41) is 3.08. The van der Waals surface area contributed by atoms with Crippen LogP contribution in [0.3, 0.4) is 0 Å². The molecule has 1 fully saturated rings. The zero-order valence-corrected chi connectivity index (χ0v) is 11.7. The molecule has 0 aromatic heterocycles. The van der Waals surface area contributed by atoms with E-state index in [9.17, 15) is 14.4 Å². The van der Waals surface area contributed by atoms with E-state index < -0.39 is 17.7 Å². The molecule has 6 nitrogen and oxygen atoms in total. The number of halogens is 2. The molecule has 1 saturated carbocycles. The van der Waals surface area contributed by atoms with E-state index in [1.807, 2.05) is 5.43 Å². The Morgan fingerprint density at radius 3 is 2.10 bits per heavy atom. The quantitative estimate of drug-likeness (QED) is 0.563. The summed E-state index contributed by atoms with van der Waals surface area (Å²) in [5.74, 6) is -2.34. The third-order valence-corrected chi connectivity index (χ3v) is 2.97. The first-order valence-electron chi connectivity index (χ1n) is 5.83. The molecule has 1 aromatic carbocycles. The van der Waals surface area contributed by atoms with E-state index in [1.165, 1.54) is 18.2 Å². The fourth-order valence-electron chi connectivity index (χ4n) is 1.41. The fraction of sp³-hybridized carbons (Fsp3) is 0.250. The summed E-state index contributed by atoms with van der Waals surface area (Å²) >= 11 is 11.5. The summed E-state index contributed by atoms with van der Waals surface area (Å²) in [6.07, 6.45) is 1.73. The monoisotopic (exact) mass is 315 g/mol. The van der Waals surface area contributed by atoms with E-state index in [0.29, 0.717) is 10.0 Å². The summed E-state index contributed by atoms with van der Waals surface area (Å²) in [7, 11) is 0. The highest BCUT2D eigenvalue weighted by Gasteiger charge is 2.26. The van der Waals surface area contributed by atoms with E-state index in [1.54, 1.807) is 0 Å². The number of nitrogens with one attached hydrogen (secondary N) is 3. The van der Waals surface area contributed by atoms with Gasteiger partial charge >= 0.3 is 11.8 Å². The van der Waals surface area contributed by atoms with E-state index in [-0.39, 0.29) is 11.6 Å². The topological polar surface area (TPSA) is 87.3 Å². The van der Waals surface area contributed by atoms with Crippen molar-refractivity contribution in [3.05, 3.63) is 33.8 Å². The third-order valence-electron chi connectivity index (χ3n) is 2.53. The molecule has 0 aliphatic heterocycles. The van der Waals surface area contributed by atoms with E-state index >= 15 is 0 Å². The third kappa shape index (κ3) is 4.11. The van der Waals surface area contributed by atoms with Gasteiger partial charge in [-0.1, -0.05) is 23.2 Å². The van der Waals surface area contributed by atoms with Gasteiger partial charge in [0.05, 0.1) is 0 Å². The number of benzene rings is 1. The first-order valence-corrected chi connectivity index (χ1v) is 6.58. The van der Waals surface area contributed by atoms with Crippen molar-refractivity contribution >= 4 is 40.9 Å². The van der Waals surface area contributed by atoms with Crippen molar-refractivity contribution in [1.29, 1.82) is 0 Å². The van der Waals surface area contributed by atoms with Gasteiger partial charge in [0.2, 0.25) is 0 Å². The van der Waals surface area contributed by atoms with Crippen molar-refractivity contribution in [3.8, 4) is 0 Å². The van der Waals surface area contributed by atoms with Crippen molar-refractivity contribution in [2.24, 2.45) is 0 Å². The number of hydrogen-bond donors (Lipinski definition) is 3. The van der Waals surface area contributed by atoms with Gasteiger partial charge in [-0.05, 0) is 31.0 Å². The molecule has 0 spiro atoms. The highest BCUT2D eigenvalue weighted by atomic mass is 35.5. The van der Waals surface area contributed by atoms with Gasteiger partial charge in [0.15, 0.2) is 0 Å². The molecule has 0 atom stereocenters. The van der Waals surface area contributed by atoms with Crippen molar-refractivity contribution in [2.75, 3.05) is 0 Å². The first kappa shape index (κ1) is 14.6. The van der Waals surface area contributed by atoms with E-state index in [2.05, 4.69) is 10.7 Å². The normalized spacial score (nSPS) is 13.5. The van der Waals surface area contributed by atoms with Crippen molar-refractivity contribution in [2.45, 2.75) is 18.9 Å². The van der Waals surface area contributed by atoms with Crippen LogP contribution in [-0.2, 0) is 9.59 Å². The van der Waals surface area contributed by atoms with Gasteiger partial charge in [0.1, 0.15) is 0 Å². The fourth-order valence-corrected chi connectivity index (χ4v) is 1.93. The molecule has 0 heterocycles. The zero-order valence-electron chi connectivity index (χ0n) is 10.2. The van der Waals surface area contributed by atoms with Crippen LogP contribution in [0.5, 0.6) is 0 Å². The Bertz CT molecular complexity index is 553. The molecule has 3 amide bonds. The molecule has 3 N–H and O–H groups in total. The van der Waals surface area contributed by atoms with Crippen molar-refractivity contribution < 1.29 is 14.4 Å². The lowest BCUT2D eigenvalue weighted by atomic mass is 10.2. The Balaban J connectivity index is 1.87. The predicted molar refractivity (Wildman–Crippen MR) is 73.2 cm³/mol. The number of hydrazine groups is 1. The second-order valence-corrected chi connectivity index (χ2v) is 5.19. The Morgan fingerprint density at radius 2 is 1.55 bits per heavy atom. The number of carbonyl (C=O) groups excluding carboxylic acids is 3. The van der Waals surface area contributed by atoms with Gasteiger partial charge in [-0.3, -0.25) is 25.2 Å². The highest BCUT2D eigenvalue weighted by Crippen LogP contribution is 2.19. The van der Waals surface area contributed by atoms with Gasteiger partial charge in [0, 0.05) is 21.7 Å². The lowest BCUT2D eigenvalue weighted by molar-refractivity contribution is -0.139. The Labute approximate surface area is 124 Å². The predicted octanol–water partition coefficient (Wildman–Crippen LogP) is 1.03. The molecule has 1 aliphatic rings. The molecule has 0 unspecified atom stereocenters. The van der Waals surface area contributed by atoms with Crippen LogP contribution in [0.4, 0.5) is 0 Å². The maximum absolute atomic E-state index is 11.7. The van der Waals surface area contributed by atoms with Gasteiger partial charge in [0.25, 0.3) is 5.91 Å². The maximum Gasteiger partial charge on any atom is 0.327 e. The van der Waals surface area contributed by atoms with Gasteiger partial charge in [-0.25, -0.2) is 0 Å². The van der Waals surface area contributed by atoms with Crippen LogP contribution < -0.4 is 16.2 Å². The molecule has 0 radical (unpaired) electrons. The van der Waals surface area contributed by atoms with E-state index in [4.69, 9.17) is 23.2 Å². The maximum atomic E-state index is 11.7. The number of hydrogen-bond acceptors (Lipinski definition) is 3. The summed E-state index contributed by atoms with van der Waals surface area (Å²) in [6, 6.07) is 4.32. The van der Waals surface area contributed by atoms with E-state index in [0.717, 1.165) is 12.8 Å². The molecule has 8 heteroatoms. The lowest BCUT2D eigenvalue weighted by Gasteiger charge is -2.08. The van der Waals surface area contributed by atoms with Crippen LogP contribution in [0.15, 0.2) is 18.2 Å². The lowest BCUT2D eigenvalue weighted by Crippen LogP contribution is -2.48. The van der Waals surface area contributed by atoms with Crippen LogP contribution >= 0.6 is 23.2 Å². The molecule has 106 valence electrons. The zero-order chi connectivity index (χ0) is 14.7. The molecular weight excluding hydrogens is 305 g/mol. The van der Waals surface area contributed by atoms with Crippen LogP contribution in [0, 0.1) is 0 Å². The Morgan fingerprint density at radius 1 is 0.950 bits per heavy atom. The molecule has 0 bridgehead atoms. The van der Waals surface area contributed by atoms with Gasteiger partial charge in [-0.2, -0.15) is 0 Å². The number of amides is 3. The van der Waals surface area contributed by atoms with Gasteiger partial charge < -0.3 is 5.32 Å². The number of carbonyl (C=O) groups is 3. The molecule has 0 saturated heterocycles. The molecule has 20 heavy (non-hydrogen) atoms. The van der Waals surface area contributed by atoms with Crippen LogP contribution in [-0.4, -0.2) is 23.8 Å². The standard InChI is InChI=1S/C12H11Cl2N3O3/c13-7-3-6(4-8(14)5-7)10(18)16-17-12(20)11(19)15-9-1-2-9/h3-5,9H,1-2H2,(H,15,19)(H,16,18)(H,17,20). The minimum atomic E-state index is -0.932. The Kier molecular flexibility index (Phi) is 4.46. The average molecular weight is 316 g/mol. The smallest absolute Gasteiger partial charge is 0.327 e. The highest BCUT2D eigenvalue weighted by molar-refractivity contribution is 6.36. The van der Waals surface area contributed by atoms with Gasteiger partial charge in [-0.15, -0.1) is 0 Å². The summed E-state index contributed by atoms with van der Waals surface area (Å²) in [4.78, 5) is 34.5. The van der Waals surface area contributed by atoms with Crippen LogP contribution in [0.1, 0.15) is 23.2 Å². The van der Waals surface area contributed by atoms with Crippen LogP contribution in [0.25, 0.3) is 0 Å². The Hall–Kier alpha value is -1.79. The largest absolute Gasteiger partial charge is 0.345 e. The molecule has 2 rings (SSSR count). The minimum absolute atomic E-state index is 0.0655. The molecular formula is C12H11Cl2N3O3. The second kappa shape index (κ2) is 6.11. The molecule has 1 aliphatic carbocycles. The van der Waals surface area contributed by atoms with Crippen molar-refractivity contribution in [1.82, 2.24) is 16.2 Å². The summed E-state index contributed by atoms with van der Waals surface area (Å²) < 4.78 is 0. The van der Waals surface area contributed by atoms with Crippen molar-refractivity contribution in [3.63, 3.8) is 0 Å². The number of rotatable bonds is 2. The molecule has 1 aromatic rings. The summed E-state index contributed by atoms with van der Waals surface area (Å²) in [6.45, 7) is 0. The second-order valence-electron chi connectivity index (χ2n) is 4.31. The first-order chi connectivity index (χ1) is 9.45. The van der Waals surface area contributed by atoms with Crippen LogP contribution in [0.2, 0.25) is 10.0 Å². The summed E-state index contributed by atoms with van der Waals surface area (Å²) in [5.41, 5.74) is 4.30.